The number of rotatable bonds is 1. The molecule has 0 spiro atoms. The number of thioether (sulfide) groups is 1. The lowest BCUT2D eigenvalue weighted by Crippen LogP contribution is -2.26. The lowest BCUT2D eigenvalue weighted by molar-refractivity contribution is 0.813. The van der Waals surface area contributed by atoms with Crippen molar-refractivity contribution in [2.24, 2.45) is 0 Å². The van der Waals surface area contributed by atoms with Crippen LogP contribution in [0.15, 0.2) is 18.2 Å². The van der Waals surface area contributed by atoms with Gasteiger partial charge in [0.1, 0.15) is 0 Å². The van der Waals surface area contributed by atoms with Crippen LogP contribution >= 0.6 is 11.8 Å². The van der Waals surface area contributed by atoms with E-state index in [0.29, 0.717) is 0 Å². The molecule has 0 bridgehead atoms. The van der Waals surface area contributed by atoms with E-state index in [1.807, 2.05) is 6.07 Å². The highest BCUT2D eigenvalue weighted by Gasteiger charge is 2.11. The van der Waals surface area contributed by atoms with E-state index in [1.165, 1.54) is 35.7 Å². The van der Waals surface area contributed by atoms with Crippen LogP contribution in [0.1, 0.15) is 12.0 Å². The third-order valence-electron chi connectivity index (χ3n) is 2.78. The predicted molar refractivity (Wildman–Crippen MR) is 69.7 cm³/mol. The molecule has 1 aromatic rings. The van der Waals surface area contributed by atoms with Gasteiger partial charge in [-0.05, 0) is 42.9 Å². The lowest BCUT2D eigenvalue weighted by Gasteiger charge is -2.24. The fourth-order valence-corrected chi connectivity index (χ4v) is 2.91. The third kappa shape index (κ3) is 2.59. The van der Waals surface area contributed by atoms with Crippen LogP contribution in [0.2, 0.25) is 0 Å². The van der Waals surface area contributed by atoms with Crippen molar-refractivity contribution < 1.29 is 0 Å². The number of nitrogen functional groups attached to an aromatic ring is 1. The van der Waals surface area contributed by atoms with Crippen LogP contribution in [0.5, 0.6) is 0 Å². The van der Waals surface area contributed by atoms with Gasteiger partial charge < -0.3 is 10.6 Å². The van der Waals surface area contributed by atoms with Crippen molar-refractivity contribution in [3.63, 3.8) is 0 Å². The Morgan fingerprint density at radius 3 is 2.93 bits per heavy atom. The predicted octanol–water partition coefficient (Wildman–Crippen LogP) is 2.52. The van der Waals surface area contributed by atoms with Crippen LogP contribution in [-0.2, 0) is 0 Å². The summed E-state index contributed by atoms with van der Waals surface area (Å²) in [5.74, 6) is 2.54. The Balaban J connectivity index is 2.19. The topological polar surface area (TPSA) is 29.3 Å². The summed E-state index contributed by atoms with van der Waals surface area (Å²) in [5.41, 5.74) is 9.27. The highest BCUT2D eigenvalue weighted by molar-refractivity contribution is 7.99. The van der Waals surface area contributed by atoms with Gasteiger partial charge in [-0.15, -0.1) is 0 Å². The monoisotopic (exact) mass is 222 g/mol. The largest absolute Gasteiger partial charge is 0.399 e. The summed E-state index contributed by atoms with van der Waals surface area (Å²) in [6.45, 7) is 4.48. The quantitative estimate of drug-likeness (QED) is 0.740. The zero-order chi connectivity index (χ0) is 10.7. The Morgan fingerprint density at radius 1 is 1.27 bits per heavy atom. The smallest absolute Gasteiger partial charge is 0.0397 e. The van der Waals surface area contributed by atoms with E-state index < -0.39 is 0 Å². The SMILES string of the molecule is Cc1cc(N)ccc1N1CCCSCC1. The van der Waals surface area contributed by atoms with Crippen LogP contribution in [0.4, 0.5) is 11.4 Å². The number of aryl methyl sites for hydroxylation is 1. The molecule has 0 atom stereocenters. The van der Waals surface area contributed by atoms with E-state index in [-0.39, 0.29) is 0 Å². The number of anilines is 2. The first-order valence-electron chi connectivity index (χ1n) is 5.46. The molecular formula is C12H18N2S. The molecule has 0 aliphatic carbocycles. The van der Waals surface area contributed by atoms with Gasteiger partial charge in [0, 0.05) is 30.2 Å². The maximum absolute atomic E-state index is 5.77. The minimum absolute atomic E-state index is 0.862. The molecule has 15 heavy (non-hydrogen) atoms. The van der Waals surface area contributed by atoms with E-state index in [4.69, 9.17) is 5.73 Å². The average Bonchev–Trinajstić information content (AvgIpc) is 2.46. The van der Waals surface area contributed by atoms with Gasteiger partial charge in [-0.3, -0.25) is 0 Å². The third-order valence-corrected chi connectivity index (χ3v) is 3.83. The fraction of sp³-hybridized carbons (Fsp3) is 0.500. The lowest BCUT2D eigenvalue weighted by atomic mass is 10.1. The Morgan fingerprint density at radius 2 is 2.13 bits per heavy atom. The summed E-state index contributed by atoms with van der Waals surface area (Å²) in [4.78, 5) is 2.48. The molecule has 0 radical (unpaired) electrons. The summed E-state index contributed by atoms with van der Waals surface area (Å²) in [6.07, 6.45) is 1.29. The van der Waals surface area contributed by atoms with Crippen molar-refractivity contribution in [1.82, 2.24) is 0 Å². The van der Waals surface area contributed by atoms with Crippen molar-refractivity contribution in [2.45, 2.75) is 13.3 Å². The first kappa shape index (κ1) is 10.7. The highest BCUT2D eigenvalue weighted by Crippen LogP contribution is 2.24. The Labute approximate surface area is 95.8 Å². The molecule has 2 rings (SSSR count). The Bertz CT molecular complexity index is 330. The zero-order valence-corrected chi connectivity index (χ0v) is 10.0. The number of hydrogen-bond donors (Lipinski definition) is 1. The number of benzene rings is 1. The van der Waals surface area contributed by atoms with Gasteiger partial charge >= 0.3 is 0 Å². The molecular weight excluding hydrogens is 204 g/mol. The summed E-state index contributed by atoms with van der Waals surface area (Å²) in [5, 5.41) is 0. The second-order valence-corrected chi connectivity index (χ2v) is 5.22. The molecule has 0 amide bonds. The molecule has 0 saturated carbocycles. The van der Waals surface area contributed by atoms with E-state index >= 15 is 0 Å². The molecule has 2 N–H and O–H groups in total. The van der Waals surface area contributed by atoms with Crippen molar-refractivity contribution in [1.29, 1.82) is 0 Å². The molecule has 0 aromatic heterocycles. The normalized spacial score (nSPS) is 17.5. The first-order chi connectivity index (χ1) is 7.27. The number of nitrogens with two attached hydrogens (primary N) is 1. The van der Waals surface area contributed by atoms with Gasteiger partial charge in [-0.1, -0.05) is 0 Å². The molecule has 1 saturated heterocycles. The van der Waals surface area contributed by atoms with Crippen LogP contribution in [0, 0.1) is 6.92 Å². The van der Waals surface area contributed by atoms with Crippen LogP contribution < -0.4 is 10.6 Å². The summed E-state index contributed by atoms with van der Waals surface area (Å²) >= 11 is 2.06. The van der Waals surface area contributed by atoms with Crippen molar-refractivity contribution in [3.8, 4) is 0 Å². The van der Waals surface area contributed by atoms with E-state index in [0.717, 1.165) is 12.2 Å². The van der Waals surface area contributed by atoms with E-state index in [1.54, 1.807) is 0 Å². The Hall–Kier alpha value is -0.830. The van der Waals surface area contributed by atoms with Gasteiger partial charge in [-0.25, -0.2) is 0 Å². The summed E-state index contributed by atoms with van der Waals surface area (Å²) in [6, 6.07) is 6.22. The molecule has 0 unspecified atom stereocenters. The van der Waals surface area contributed by atoms with E-state index in [2.05, 4.69) is 35.7 Å². The minimum atomic E-state index is 0.862. The van der Waals surface area contributed by atoms with Crippen molar-refractivity contribution in [2.75, 3.05) is 35.2 Å². The van der Waals surface area contributed by atoms with Crippen molar-refractivity contribution >= 4 is 23.1 Å². The zero-order valence-electron chi connectivity index (χ0n) is 9.20. The summed E-state index contributed by atoms with van der Waals surface area (Å²) < 4.78 is 0. The van der Waals surface area contributed by atoms with Crippen LogP contribution in [0.25, 0.3) is 0 Å². The standard InChI is InChI=1S/C12H18N2S/c1-10-9-11(13)3-4-12(10)14-5-2-7-15-8-6-14/h3-4,9H,2,5-8,13H2,1H3. The van der Waals surface area contributed by atoms with Gasteiger partial charge in [0.05, 0.1) is 0 Å². The Kier molecular flexibility index (Phi) is 3.41. The first-order valence-corrected chi connectivity index (χ1v) is 6.61. The average molecular weight is 222 g/mol. The van der Waals surface area contributed by atoms with Gasteiger partial charge in [0.2, 0.25) is 0 Å². The van der Waals surface area contributed by atoms with Crippen LogP contribution in [-0.4, -0.2) is 24.6 Å². The molecule has 1 heterocycles. The molecule has 82 valence electrons. The fourth-order valence-electron chi connectivity index (χ4n) is 2.02. The molecule has 1 fully saturated rings. The van der Waals surface area contributed by atoms with Gasteiger partial charge in [0.25, 0.3) is 0 Å². The second-order valence-electron chi connectivity index (χ2n) is 4.00. The second kappa shape index (κ2) is 4.79. The molecule has 1 aliphatic heterocycles. The van der Waals surface area contributed by atoms with Crippen molar-refractivity contribution in [3.05, 3.63) is 23.8 Å². The number of nitrogens with zero attached hydrogens (tertiary/aromatic N) is 1. The van der Waals surface area contributed by atoms with Crippen LogP contribution in [0.3, 0.4) is 0 Å². The molecule has 1 aromatic carbocycles. The molecule has 3 heteroatoms. The maximum Gasteiger partial charge on any atom is 0.0397 e. The van der Waals surface area contributed by atoms with E-state index in [9.17, 15) is 0 Å². The highest BCUT2D eigenvalue weighted by atomic mass is 32.2. The maximum atomic E-state index is 5.77. The number of hydrogen-bond acceptors (Lipinski definition) is 3. The van der Waals surface area contributed by atoms with Gasteiger partial charge in [-0.2, -0.15) is 11.8 Å². The minimum Gasteiger partial charge on any atom is -0.399 e. The summed E-state index contributed by atoms with van der Waals surface area (Å²) in [7, 11) is 0. The van der Waals surface area contributed by atoms with Gasteiger partial charge in [0.15, 0.2) is 0 Å². The molecule has 2 nitrogen and oxygen atoms in total. The molecule has 1 aliphatic rings.